The fourth-order valence-electron chi connectivity index (χ4n) is 3.53. The lowest BCUT2D eigenvalue weighted by Crippen LogP contribution is -2.28. The summed E-state index contributed by atoms with van der Waals surface area (Å²) in [5.74, 6) is 0.210. The number of para-hydroxylation sites is 1. The second kappa shape index (κ2) is 5.38. The van der Waals surface area contributed by atoms with Crippen molar-refractivity contribution in [2.24, 2.45) is 0 Å². The van der Waals surface area contributed by atoms with Crippen molar-refractivity contribution in [2.45, 2.75) is 32.3 Å². The lowest BCUT2D eigenvalue weighted by molar-refractivity contribution is 0.0854. The van der Waals surface area contributed by atoms with Gasteiger partial charge in [0.25, 0.3) is 5.91 Å². The second-order valence-corrected chi connectivity index (χ2v) is 6.17. The molecule has 23 heavy (non-hydrogen) atoms. The van der Waals surface area contributed by atoms with Crippen molar-refractivity contribution in [3.05, 3.63) is 40.6 Å². The van der Waals surface area contributed by atoms with Gasteiger partial charge < -0.3 is 15.8 Å². The molecular weight excluding hydrogens is 292 g/mol. The third kappa shape index (κ3) is 2.21. The number of rotatable bonds is 1. The highest BCUT2D eigenvalue weighted by atomic mass is 16.5. The number of nitrogens with zero attached hydrogens (tertiary/aromatic N) is 2. The molecule has 0 saturated heterocycles. The molecule has 2 aliphatic rings. The van der Waals surface area contributed by atoms with Crippen LogP contribution in [-0.4, -0.2) is 28.8 Å². The highest BCUT2D eigenvalue weighted by Gasteiger charge is 2.31. The predicted molar refractivity (Wildman–Crippen MR) is 87.7 cm³/mol. The number of aryl methyl sites for hydroxylation is 1. The molecule has 4 rings (SSSR count). The van der Waals surface area contributed by atoms with Gasteiger partial charge in [0.2, 0.25) is 0 Å². The van der Waals surface area contributed by atoms with E-state index in [1.807, 2.05) is 12.1 Å². The van der Waals surface area contributed by atoms with Gasteiger partial charge in [-0.3, -0.25) is 4.79 Å². The number of carbonyl (C=O) groups is 1. The second-order valence-electron chi connectivity index (χ2n) is 6.17. The Labute approximate surface area is 134 Å². The molecule has 0 spiro atoms. The van der Waals surface area contributed by atoms with E-state index in [1.165, 1.54) is 4.68 Å². The van der Waals surface area contributed by atoms with Crippen LogP contribution in [0, 0.1) is 6.92 Å². The minimum absolute atomic E-state index is 0.0507. The first-order valence-electron chi connectivity index (χ1n) is 7.98. The van der Waals surface area contributed by atoms with Crippen LogP contribution in [0.25, 0.3) is 0 Å². The number of fused-ring (bicyclic) bond motifs is 2. The van der Waals surface area contributed by atoms with Crippen molar-refractivity contribution < 1.29 is 9.53 Å². The van der Waals surface area contributed by atoms with E-state index < -0.39 is 0 Å². The third-order valence-electron chi connectivity index (χ3n) is 4.76. The Bertz CT molecular complexity index is 781. The Morgan fingerprint density at radius 3 is 3.17 bits per heavy atom. The molecule has 3 N–H and O–H groups in total. The highest BCUT2D eigenvalue weighted by molar-refractivity contribution is 5.90. The number of ether oxygens (including phenoxy) is 1. The summed E-state index contributed by atoms with van der Waals surface area (Å²) in [6.45, 7) is 3.89. The summed E-state index contributed by atoms with van der Waals surface area (Å²) in [5.41, 5.74) is 11.2. The van der Waals surface area contributed by atoms with E-state index in [2.05, 4.69) is 23.4 Å². The molecule has 1 aromatic heterocycles. The summed E-state index contributed by atoms with van der Waals surface area (Å²) >= 11 is 0. The van der Waals surface area contributed by atoms with Gasteiger partial charge in [0, 0.05) is 24.2 Å². The van der Waals surface area contributed by atoms with Crippen LogP contribution >= 0.6 is 0 Å². The van der Waals surface area contributed by atoms with Gasteiger partial charge in [-0.15, -0.1) is 0 Å². The topological polar surface area (TPSA) is 82.2 Å². The first-order chi connectivity index (χ1) is 11.2. The van der Waals surface area contributed by atoms with Crippen molar-refractivity contribution in [1.29, 1.82) is 0 Å². The summed E-state index contributed by atoms with van der Waals surface area (Å²) in [4.78, 5) is 13.1. The average molecular weight is 312 g/mol. The third-order valence-corrected chi connectivity index (χ3v) is 4.76. The molecule has 0 fully saturated rings. The smallest absolute Gasteiger partial charge is 0.256 e. The minimum atomic E-state index is -0.212. The van der Waals surface area contributed by atoms with Crippen LogP contribution in [0.2, 0.25) is 0 Å². The van der Waals surface area contributed by atoms with Crippen LogP contribution in [0.5, 0.6) is 0 Å². The number of hydrogen-bond donors (Lipinski definition) is 2. The normalized spacial score (nSPS) is 19.6. The molecule has 3 heterocycles. The maximum Gasteiger partial charge on any atom is 0.256 e. The zero-order chi connectivity index (χ0) is 16.0. The first kappa shape index (κ1) is 14.3. The lowest BCUT2D eigenvalue weighted by atomic mass is 9.88. The van der Waals surface area contributed by atoms with Crippen LogP contribution < -0.4 is 11.1 Å². The molecule has 120 valence electrons. The lowest BCUT2D eigenvalue weighted by Gasteiger charge is -2.27. The van der Waals surface area contributed by atoms with Crippen molar-refractivity contribution in [3.63, 3.8) is 0 Å². The summed E-state index contributed by atoms with van der Waals surface area (Å²) in [6.07, 6.45) is 1.46. The first-order valence-corrected chi connectivity index (χ1v) is 7.98. The maximum atomic E-state index is 13.1. The van der Waals surface area contributed by atoms with Gasteiger partial charge in [-0.05, 0) is 24.5 Å². The molecular formula is C17H20N4O2. The van der Waals surface area contributed by atoms with Crippen LogP contribution in [-0.2, 0) is 17.8 Å². The standard InChI is InChI=1S/C17H20N4O2/c1-10-3-2-4-11-12(5-7-19-15(10)11)17(22)21-16(18)13-6-8-23-9-14(13)20-21/h2-4,12,19H,5-9,18H2,1H3. The van der Waals surface area contributed by atoms with Crippen LogP contribution in [0.4, 0.5) is 11.5 Å². The number of nitrogen functional groups attached to an aromatic ring is 1. The largest absolute Gasteiger partial charge is 0.385 e. The number of hydrogen-bond acceptors (Lipinski definition) is 5. The molecule has 0 bridgehead atoms. The van der Waals surface area contributed by atoms with Gasteiger partial charge in [0.05, 0.1) is 24.8 Å². The van der Waals surface area contributed by atoms with Gasteiger partial charge in [0.1, 0.15) is 5.82 Å². The maximum absolute atomic E-state index is 13.1. The Morgan fingerprint density at radius 2 is 2.35 bits per heavy atom. The van der Waals surface area contributed by atoms with Crippen molar-refractivity contribution in [1.82, 2.24) is 9.78 Å². The van der Waals surface area contributed by atoms with Crippen LogP contribution in [0.1, 0.15) is 39.5 Å². The van der Waals surface area contributed by atoms with Gasteiger partial charge in [-0.1, -0.05) is 18.2 Å². The van der Waals surface area contributed by atoms with E-state index in [9.17, 15) is 4.79 Å². The number of nitrogens with one attached hydrogen (secondary N) is 1. The molecule has 0 amide bonds. The molecule has 0 aliphatic carbocycles. The number of nitrogens with two attached hydrogens (primary N) is 1. The summed E-state index contributed by atoms with van der Waals surface area (Å²) in [7, 11) is 0. The Kier molecular flexibility index (Phi) is 3.34. The minimum Gasteiger partial charge on any atom is -0.385 e. The Morgan fingerprint density at radius 1 is 1.48 bits per heavy atom. The SMILES string of the molecule is Cc1cccc2c1NCCC2C(=O)n1nc2c(c1N)CCOC2. The van der Waals surface area contributed by atoms with Crippen LogP contribution in [0.15, 0.2) is 18.2 Å². The van der Waals surface area contributed by atoms with Crippen molar-refractivity contribution >= 4 is 17.4 Å². The molecule has 1 atom stereocenters. The summed E-state index contributed by atoms with van der Waals surface area (Å²) in [5, 5.41) is 7.82. The average Bonchev–Trinajstić information content (AvgIpc) is 2.92. The zero-order valence-corrected chi connectivity index (χ0v) is 13.1. The van der Waals surface area contributed by atoms with E-state index in [4.69, 9.17) is 10.5 Å². The monoisotopic (exact) mass is 312 g/mol. The number of carbonyl (C=O) groups excluding carboxylic acids is 1. The van der Waals surface area contributed by atoms with E-state index >= 15 is 0 Å². The van der Waals surface area contributed by atoms with Crippen molar-refractivity contribution in [2.75, 3.05) is 24.2 Å². The van der Waals surface area contributed by atoms with Crippen LogP contribution in [0.3, 0.4) is 0 Å². The van der Waals surface area contributed by atoms with Gasteiger partial charge >= 0.3 is 0 Å². The van der Waals surface area contributed by atoms with E-state index in [1.54, 1.807) is 0 Å². The predicted octanol–water partition coefficient (Wildman–Crippen LogP) is 2.09. The fourth-order valence-corrected chi connectivity index (χ4v) is 3.53. The van der Waals surface area contributed by atoms with E-state index in [0.29, 0.717) is 19.0 Å². The molecule has 6 nitrogen and oxygen atoms in total. The fraction of sp³-hybridized carbons (Fsp3) is 0.412. The molecule has 6 heteroatoms. The summed E-state index contributed by atoms with van der Waals surface area (Å²) < 4.78 is 6.80. The van der Waals surface area contributed by atoms with Gasteiger partial charge in [0.15, 0.2) is 0 Å². The zero-order valence-electron chi connectivity index (χ0n) is 13.1. The summed E-state index contributed by atoms with van der Waals surface area (Å²) in [6, 6.07) is 6.06. The Balaban J connectivity index is 1.74. The van der Waals surface area contributed by atoms with Gasteiger partial charge in [-0.25, -0.2) is 0 Å². The quantitative estimate of drug-likeness (QED) is 0.842. The molecule has 0 saturated carbocycles. The van der Waals surface area contributed by atoms with E-state index in [-0.39, 0.29) is 11.8 Å². The van der Waals surface area contributed by atoms with E-state index in [0.717, 1.165) is 47.5 Å². The van der Waals surface area contributed by atoms with Gasteiger partial charge in [-0.2, -0.15) is 9.78 Å². The van der Waals surface area contributed by atoms with Crippen molar-refractivity contribution in [3.8, 4) is 0 Å². The highest BCUT2D eigenvalue weighted by Crippen LogP contribution is 2.35. The molecule has 1 unspecified atom stereocenters. The molecule has 2 aliphatic heterocycles. The molecule has 2 aromatic rings. The number of aromatic nitrogens is 2. The molecule has 0 radical (unpaired) electrons. The number of benzene rings is 1. The Hall–Kier alpha value is -2.34. The molecule has 1 aromatic carbocycles. The number of anilines is 2.